The van der Waals surface area contributed by atoms with Crippen molar-refractivity contribution in [2.75, 3.05) is 6.54 Å². The minimum absolute atomic E-state index is 0.0804. The van der Waals surface area contributed by atoms with E-state index in [0.29, 0.717) is 17.6 Å². The van der Waals surface area contributed by atoms with Crippen LogP contribution in [0.2, 0.25) is 5.02 Å². The summed E-state index contributed by atoms with van der Waals surface area (Å²) < 4.78 is 0. The summed E-state index contributed by atoms with van der Waals surface area (Å²) in [6, 6.07) is 7.64. The van der Waals surface area contributed by atoms with Crippen molar-refractivity contribution >= 4 is 23.4 Å². The van der Waals surface area contributed by atoms with E-state index in [1.807, 2.05) is 18.2 Å². The van der Waals surface area contributed by atoms with E-state index in [1.165, 1.54) is 11.8 Å². The Kier molecular flexibility index (Phi) is 4.43. The largest absolute Gasteiger partial charge is 0.352 e. The Balaban J connectivity index is 1.97. The number of carbonyl (C=O) groups excluding carboxylic acids is 2. The monoisotopic (exact) mass is 280 g/mol. The van der Waals surface area contributed by atoms with Gasteiger partial charge in [-0.25, -0.2) is 0 Å². The molecule has 1 aliphatic rings. The minimum Gasteiger partial charge on any atom is -0.352 e. The maximum absolute atomic E-state index is 11.7. The third kappa shape index (κ3) is 4.24. The van der Waals surface area contributed by atoms with Crippen LogP contribution in [0.3, 0.4) is 0 Å². The number of halogens is 1. The van der Waals surface area contributed by atoms with Gasteiger partial charge in [-0.2, -0.15) is 0 Å². The standard InChI is InChI=1S/C14H17ClN2O2/c1-10(18)17(9-14(19)16-12-6-7-12)8-11-4-2-3-5-13(11)15/h2-5,12H,6-9H2,1H3,(H,16,19). The summed E-state index contributed by atoms with van der Waals surface area (Å²) in [5.41, 5.74) is 0.846. The van der Waals surface area contributed by atoms with Crippen molar-refractivity contribution in [1.29, 1.82) is 0 Å². The van der Waals surface area contributed by atoms with Crippen molar-refractivity contribution in [3.63, 3.8) is 0 Å². The second kappa shape index (κ2) is 6.06. The van der Waals surface area contributed by atoms with E-state index in [0.717, 1.165) is 18.4 Å². The number of rotatable bonds is 5. The Hall–Kier alpha value is -1.55. The average molecular weight is 281 g/mol. The molecule has 0 aromatic heterocycles. The van der Waals surface area contributed by atoms with Gasteiger partial charge in [0.15, 0.2) is 0 Å². The van der Waals surface area contributed by atoms with Gasteiger partial charge >= 0.3 is 0 Å². The Labute approximate surface area is 117 Å². The van der Waals surface area contributed by atoms with Gasteiger partial charge < -0.3 is 10.2 Å². The average Bonchev–Trinajstić information content (AvgIpc) is 3.14. The molecule has 2 rings (SSSR count). The molecule has 0 aliphatic heterocycles. The van der Waals surface area contributed by atoms with Gasteiger partial charge in [-0.15, -0.1) is 0 Å². The molecule has 5 heteroatoms. The topological polar surface area (TPSA) is 49.4 Å². The van der Waals surface area contributed by atoms with E-state index in [2.05, 4.69) is 5.32 Å². The Morgan fingerprint density at radius 2 is 2.05 bits per heavy atom. The fourth-order valence-corrected chi connectivity index (χ4v) is 1.98. The second-order valence-corrected chi connectivity index (χ2v) is 5.22. The first-order chi connectivity index (χ1) is 9.06. The third-order valence-electron chi connectivity index (χ3n) is 3.04. The fourth-order valence-electron chi connectivity index (χ4n) is 1.79. The molecule has 1 saturated carbocycles. The molecule has 0 unspecified atom stereocenters. The molecule has 2 amide bonds. The number of carbonyl (C=O) groups is 2. The van der Waals surface area contributed by atoms with Crippen LogP contribution >= 0.6 is 11.6 Å². The lowest BCUT2D eigenvalue weighted by atomic mass is 10.2. The lowest BCUT2D eigenvalue weighted by Crippen LogP contribution is -2.40. The van der Waals surface area contributed by atoms with Gasteiger partial charge in [0.1, 0.15) is 0 Å². The van der Waals surface area contributed by atoms with Crippen LogP contribution in [0, 0.1) is 0 Å². The number of hydrogen-bond donors (Lipinski definition) is 1. The van der Waals surface area contributed by atoms with Crippen molar-refractivity contribution in [2.24, 2.45) is 0 Å². The molecule has 4 nitrogen and oxygen atoms in total. The molecule has 0 heterocycles. The molecule has 1 aliphatic carbocycles. The molecule has 0 atom stereocenters. The van der Waals surface area contributed by atoms with Crippen LogP contribution in [0.4, 0.5) is 0 Å². The van der Waals surface area contributed by atoms with Crippen molar-refractivity contribution in [3.05, 3.63) is 34.9 Å². The van der Waals surface area contributed by atoms with Crippen LogP contribution in [0.5, 0.6) is 0 Å². The summed E-state index contributed by atoms with van der Waals surface area (Å²) in [7, 11) is 0. The molecule has 102 valence electrons. The number of nitrogens with one attached hydrogen (secondary N) is 1. The third-order valence-corrected chi connectivity index (χ3v) is 3.41. The quantitative estimate of drug-likeness (QED) is 0.896. The van der Waals surface area contributed by atoms with Crippen LogP contribution in [-0.4, -0.2) is 29.3 Å². The molecular formula is C14H17ClN2O2. The van der Waals surface area contributed by atoms with Crippen LogP contribution in [0.25, 0.3) is 0 Å². The summed E-state index contributed by atoms with van der Waals surface area (Å²) in [6.07, 6.45) is 2.08. The highest BCUT2D eigenvalue weighted by atomic mass is 35.5. The molecule has 0 bridgehead atoms. The van der Waals surface area contributed by atoms with Gasteiger partial charge in [-0.1, -0.05) is 29.8 Å². The van der Waals surface area contributed by atoms with E-state index < -0.39 is 0 Å². The van der Waals surface area contributed by atoms with Crippen LogP contribution < -0.4 is 5.32 Å². The fraction of sp³-hybridized carbons (Fsp3) is 0.429. The number of amides is 2. The zero-order valence-corrected chi connectivity index (χ0v) is 11.6. The molecule has 0 saturated heterocycles. The zero-order valence-electron chi connectivity index (χ0n) is 10.9. The van der Waals surface area contributed by atoms with E-state index >= 15 is 0 Å². The van der Waals surface area contributed by atoms with Crippen molar-refractivity contribution in [1.82, 2.24) is 10.2 Å². The van der Waals surface area contributed by atoms with Crippen molar-refractivity contribution in [3.8, 4) is 0 Å². The molecule has 1 N–H and O–H groups in total. The maximum atomic E-state index is 11.7. The minimum atomic E-state index is -0.133. The van der Waals surface area contributed by atoms with Gasteiger partial charge in [0.2, 0.25) is 11.8 Å². The summed E-state index contributed by atoms with van der Waals surface area (Å²) in [6.45, 7) is 1.89. The second-order valence-electron chi connectivity index (χ2n) is 4.81. The summed E-state index contributed by atoms with van der Waals surface area (Å²) in [5, 5.41) is 3.48. The van der Waals surface area contributed by atoms with Gasteiger partial charge in [-0.05, 0) is 24.5 Å². The summed E-state index contributed by atoms with van der Waals surface area (Å²) in [5.74, 6) is -0.240. The smallest absolute Gasteiger partial charge is 0.239 e. The zero-order chi connectivity index (χ0) is 13.8. The Morgan fingerprint density at radius 3 is 2.63 bits per heavy atom. The summed E-state index contributed by atoms with van der Waals surface area (Å²) >= 11 is 6.07. The van der Waals surface area contributed by atoms with Gasteiger partial charge in [0.05, 0.1) is 6.54 Å². The first kappa shape index (κ1) is 13.9. The molecule has 19 heavy (non-hydrogen) atoms. The van der Waals surface area contributed by atoms with E-state index in [1.54, 1.807) is 6.07 Å². The highest BCUT2D eigenvalue weighted by Gasteiger charge is 2.24. The first-order valence-electron chi connectivity index (χ1n) is 6.34. The number of benzene rings is 1. The molecule has 1 aromatic carbocycles. The van der Waals surface area contributed by atoms with Crippen molar-refractivity contribution < 1.29 is 9.59 Å². The van der Waals surface area contributed by atoms with Gasteiger partial charge in [0.25, 0.3) is 0 Å². The molecule has 0 spiro atoms. The van der Waals surface area contributed by atoms with Gasteiger partial charge in [0, 0.05) is 24.5 Å². The highest BCUT2D eigenvalue weighted by molar-refractivity contribution is 6.31. The van der Waals surface area contributed by atoms with Crippen molar-refractivity contribution in [2.45, 2.75) is 32.4 Å². The molecular weight excluding hydrogens is 264 g/mol. The lowest BCUT2D eigenvalue weighted by molar-refractivity contribution is -0.135. The maximum Gasteiger partial charge on any atom is 0.239 e. The lowest BCUT2D eigenvalue weighted by Gasteiger charge is -2.21. The predicted octanol–water partition coefficient (Wildman–Crippen LogP) is 1.97. The Morgan fingerprint density at radius 1 is 1.37 bits per heavy atom. The van der Waals surface area contributed by atoms with Crippen LogP contribution in [0.1, 0.15) is 25.3 Å². The molecule has 1 aromatic rings. The summed E-state index contributed by atoms with van der Waals surface area (Å²) in [4.78, 5) is 24.8. The highest BCUT2D eigenvalue weighted by Crippen LogP contribution is 2.19. The van der Waals surface area contributed by atoms with Crippen LogP contribution in [0.15, 0.2) is 24.3 Å². The predicted molar refractivity (Wildman–Crippen MR) is 73.7 cm³/mol. The molecule has 0 radical (unpaired) electrons. The number of nitrogens with zero attached hydrogens (tertiary/aromatic N) is 1. The van der Waals surface area contributed by atoms with E-state index in [9.17, 15) is 9.59 Å². The van der Waals surface area contributed by atoms with Gasteiger partial charge in [-0.3, -0.25) is 9.59 Å². The SMILES string of the molecule is CC(=O)N(CC(=O)NC1CC1)Cc1ccccc1Cl. The van der Waals surface area contributed by atoms with Crippen LogP contribution in [-0.2, 0) is 16.1 Å². The normalized spacial score (nSPS) is 14.0. The molecule has 1 fully saturated rings. The Bertz CT molecular complexity index is 486. The number of hydrogen-bond acceptors (Lipinski definition) is 2. The van der Waals surface area contributed by atoms with E-state index in [4.69, 9.17) is 11.6 Å². The van der Waals surface area contributed by atoms with E-state index in [-0.39, 0.29) is 18.4 Å². The first-order valence-corrected chi connectivity index (χ1v) is 6.72.